The first-order valence-electron chi connectivity index (χ1n) is 5.86. The smallest absolute Gasteiger partial charge is 0.201 e. The van der Waals surface area contributed by atoms with Crippen molar-refractivity contribution in [2.45, 2.75) is 0 Å². The van der Waals surface area contributed by atoms with Gasteiger partial charge in [-0.1, -0.05) is 35.3 Å². The van der Waals surface area contributed by atoms with Gasteiger partial charge in [0.25, 0.3) is 0 Å². The van der Waals surface area contributed by atoms with Crippen molar-refractivity contribution in [3.05, 3.63) is 58.1 Å². The molecule has 2 aromatic rings. The topological polar surface area (TPSA) is 35.5 Å². The fraction of sp³-hybridized carbons (Fsp3) is 0.133. The molecule has 20 heavy (non-hydrogen) atoms. The van der Waals surface area contributed by atoms with Crippen LogP contribution in [0.4, 0.5) is 0 Å². The number of carbonyl (C=O) groups excluding carboxylic acids is 1. The summed E-state index contributed by atoms with van der Waals surface area (Å²) in [6.45, 7) is -0.138. The summed E-state index contributed by atoms with van der Waals surface area (Å²) in [5.41, 5.74) is 0.342. The third-order valence-electron chi connectivity index (χ3n) is 2.66. The Morgan fingerprint density at radius 3 is 2.50 bits per heavy atom. The SMILES string of the molecule is COc1ccccc1OCC(=O)c1cc(Cl)ccc1Cl. The maximum atomic E-state index is 12.1. The average molecular weight is 311 g/mol. The molecule has 104 valence electrons. The number of carbonyl (C=O) groups is 1. The largest absolute Gasteiger partial charge is 0.493 e. The quantitative estimate of drug-likeness (QED) is 0.774. The van der Waals surface area contributed by atoms with Gasteiger partial charge in [-0.05, 0) is 30.3 Å². The number of para-hydroxylation sites is 2. The Bertz CT molecular complexity index is 626. The Labute approximate surface area is 127 Å². The lowest BCUT2D eigenvalue weighted by molar-refractivity contribution is 0.0919. The zero-order chi connectivity index (χ0) is 14.5. The van der Waals surface area contributed by atoms with Crippen molar-refractivity contribution < 1.29 is 14.3 Å². The van der Waals surface area contributed by atoms with Crippen LogP contribution in [0.3, 0.4) is 0 Å². The second-order valence-electron chi connectivity index (χ2n) is 3.99. The van der Waals surface area contributed by atoms with Crippen LogP contribution in [0, 0.1) is 0 Å². The summed E-state index contributed by atoms with van der Waals surface area (Å²) >= 11 is 11.8. The summed E-state index contributed by atoms with van der Waals surface area (Å²) in [7, 11) is 1.54. The van der Waals surface area contributed by atoms with Gasteiger partial charge in [0.2, 0.25) is 5.78 Å². The predicted molar refractivity (Wildman–Crippen MR) is 79.3 cm³/mol. The van der Waals surface area contributed by atoms with Gasteiger partial charge in [-0.25, -0.2) is 0 Å². The summed E-state index contributed by atoms with van der Waals surface area (Å²) in [4.78, 5) is 12.1. The number of benzene rings is 2. The zero-order valence-electron chi connectivity index (χ0n) is 10.7. The van der Waals surface area contributed by atoms with E-state index in [1.807, 2.05) is 6.07 Å². The first-order valence-corrected chi connectivity index (χ1v) is 6.61. The van der Waals surface area contributed by atoms with E-state index in [1.54, 1.807) is 30.3 Å². The predicted octanol–water partition coefficient (Wildman–Crippen LogP) is 4.26. The van der Waals surface area contributed by atoms with Crippen molar-refractivity contribution in [3.8, 4) is 11.5 Å². The zero-order valence-corrected chi connectivity index (χ0v) is 12.2. The molecule has 0 aliphatic carbocycles. The van der Waals surface area contributed by atoms with E-state index < -0.39 is 0 Å². The van der Waals surface area contributed by atoms with Gasteiger partial charge in [-0.3, -0.25) is 4.79 Å². The van der Waals surface area contributed by atoms with Crippen LogP contribution in [0.5, 0.6) is 11.5 Å². The number of halogens is 2. The Morgan fingerprint density at radius 2 is 1.80 bits per heavy atom. The molecule has 0 bridgehead atoms. The number of ketones is 1. The van der Waals surface area contributed by atoms with Crippen LogP contribution in [-0.4, -0.2) is 19.5 Å². The number of ether oxygens (including phenoxy) is 2. The lowest BCUT2D eigenvalue weighted by Gasteiger charge is -2.10. The molecule has 0 saturated heterocycles. The fourth-order valence-electron chi connectivity index (χ4n) is 1.67. The summed E-state index contributed by atoms with van der Waals surface area (Å²) in [5, 5.41) is 0.804. The molecule has 0 spiro atoms. The number of hydrogen-bond acceptors (Lipinski definition) is 3. The van der Waals surface area contributed by atoms with Crippen LogP contribution in [-0.2, 0) is 0 Å². The Hall–Kier alpha value is -1.71. The number of methoxy groups -OCH3 is 1. The molecule has 0 N–H and O–H groups in total. The molecule has 0 atom stereocenters. The molecule has 0 aliphatic rings. The molecule has 0 aromatic heterocycles. The van der Waals surface area contributed by atoms with E-state index in [0.29, 0.717) is 27.1 Å². The molecule has 3 nitrogen and oxygen atoms in total. The molecule has 2 aromatic carbocycles. The monoisotopic (exact) mass is 310 g/mol. The summed E-state index contributed by atoms with van der Waals surface area (Å²) in [5.74, 6) is 0.822. The Balaban J connectivity index is 2.11. The van der Waals surface area contributed by atoms with Crippen molar-refractivity contribution in [1.82, 2.24) is 0 Å². The normalized spacial score (nSPS) is 10.2. The van der Waals surface area contributed by atoms with E-state index in [1.165, 1.54) is 13.2 Å². The van der Waals surface area contributed by atoms with Crippen molar-refractivity contribution in [2.75, 3.05) is 13.7 Å². The van der Waals surface area contributed by atoms with E-state index >= 15 is 0 Å². The minimum atomic E-state index is -0.247. The van der Waals surface area contributed by atoms with E-state index in [-0.39, 0.29) is 12.4 Å². The van der Waals surface area contributed by atoms with Gasteiger partial charge in [0.15, 0.2) is 18.1 Å². The van der Waals surface area contributed by atoms with Gasteiger partial charge >= 0.3 is 0 Å². The van der Waals surface area contributed by atoms with Gasteiger partial charge in [-0.15, -0.1) is 0 Å². The minimum absolute atomic E-state index is 0.138. The van der Waals surface area contributed by atoms with Crippen LogP contribution in [0.25, 0.3) is 0 Å². The van der Waals surface area contributed by atoms with Crippen LogP contribution >= 0.6 is 23.2 Å². The van der Waals surface area contributed by atoms with E-state index in [2.05, 4.69) is 0 Å². The van der Waals surface area contributed by atoms with Gasteiger partial charge in [0, 0.05) is 10.6 Å². The number of hydrogen-bond donors (Lipinski definition) is 0. The summed E-state index contributed by atoms with van der Waals surface area (Å²) in [6.07, 6.45) is 0. The van der Waals surface area contributed by atoms with E-state index in [4.69, 9.17) is 32.7 Å². The highest BCUT2D eigenvalue weighted by Gasteiger charge is 2.13. The first-order chi connectivity index (χ1) is 9.61. The second-order valence-corrected chi connectivity index (χ2v) is 4.83. The third kappa shape index (κ3) is 3.44. The van der Waals surface area contributed by atoms with Gasteiger partial charge < -0.3 is 9.47 Å². The van der Waals surface area contributed by atoms with Crippen LogP contribution in [0.1, 0.15) is 10.4 Å². The maximum Gasteiger partial charge on any atom is 0.201 e. The first kappa shape index (κ1) is 14.7. The van der Waals surface area contributed by atoms with Gasteiger partial charge in [-0.2, -0.15) is 0 Å². The van der Waals surface area contributed by atoms with Crippen molar-refractivity contribution in [2.24, 2.45) is 0 Å². The Morgan fingerprint density at radius 1 is 1.10 bits per heavy atom. The van der Waals surface area contributed by atoms with Gasteiger partial charge in [0.05, 0.1) is 12.1 Å². The summed E-state index contributed by atoms with van der Waals surface area (Å²) < 4.78 is 10.6. The highest BCUT2D eigenvalue weighted by atomic mass is 35.5. The van der Waals surface area contributed by atoms with E-state index in [0.717, 1.165) is 0 Å². The van der Waals surface area contributed by atoms with Gasteiger partial charge in [0.1, 0.15) is 0 Å². The highest BCUT2D eigenvalue weighted by molar-refractivity contribution is 6.35. The van der Waals surface area contributed by atoms with Crippen LogP contribution in [0.15, 0.2) is 42.5 Å². The molecular formula is C15H12Cl2O3. The second kappa shape index (κ2) is 6.64. The van der Waals surface area contributed by atoms with Crippen molar-refractivity contribution in [3.63, 3.8) is 0 Å². The maximum absolute atomic E-state index is 12.1. The molecule has 0 radical (unpaired) electrons. The van der Waals surface area contributed by atoms with Crippen LogP contribution < -0.4 is 9.47 Å². The fourth-order valence-corrected chi connectivity index (χ4v) is 2.07. The molecule has 0 saturated carbocycles. The molecule has 0 fully saturated rings. The van der Waals surface area contributed by atoms with Crippen molar-refractivity contribution >= 4 is 29.0 Å². The lowest BCUT2D eigenvalue weighted by atomic mass is 10.1. The molecule has 2 rings (SSSR count). The van der Waals surface area contributed by atoms with Crippen molar-refractivity contribution in [1.29, 1.82) is 0 Å². The molecule has 5 heteroatoms. The molecular weight excluding hydrogens is 299 g/mol. The standard InChI is InChI=1S/C15H12Cl2O3/c1-19-14-4-2-3-5-15(14)20-9-13(18)11-8-10(16)6-7-12(11)17/h2-8H,9H2,1H3. The highest BCUT2D eigenvalue weighted by Crippen LogP contribution is 2.26. The molecule has 0 heterocycles. The Kier molecular flexibility index (Phi) is 4.88. The average Bonchev–Trinajstić information content (AvgIpc) is 2.47. The number of Topliss-reactive ketones (excluding diaryl/α,β-unsaturated/α-hetero) is 1. The van der Waals surface area contributed by atoms with Crippen LogP contribution in [0.2, 0.25) is 10.0 Å². The minimum Gasteiger partial charge on any atom is -0.493 e. The summed E-state index contributed by atoms with van der Waals surface area (Å²) in [6, 6.07) is 11.8. The third-order valence-corrected chi connectivity index (χ3v) is 3.22. The molecule has 0 amide bonds. The number of rotatable bonds is 5. The molecule has 0 unspecified atom stereocenters. The molecule has 0 aliphatic heterocycles. The van der Waals surface area contributed by atoms with E-state index in [9.17, 15) is 4.79 Å². The lowest BCUT2D eigenvalue weighted by Crippen LogP contribution is -2.12.